The van der Waals surface area contributed by atoms with E-state index in [1.54, 1.807) is 18.2 Å². The van der Waals surface area contributed by atoms with Crippen LogP contribution < -0.4 is 35.5 Å². The SMILES string of the molecule is COc1cc2nccc(Oc3ccc(NC(=O)Oc4nn(C)c(=O)n(C(C)c5nc[nH]n5)c4=O)cc3F)c2cc1OC. The van der Waals surface area contributed by atoms with Crippen LogP contribution in [-0.2, 0) is 7.05 Å². The van der Waals surface area contributed by atoms with Crippen molar-refractivity contribution < 1.29 is 28.1 Å². The van der Waals surface area contributed by atoms with Crippen LogP contribution in [0.5, 0.6) is 28.9 Å². The standard InChI is InChI=1S/C26H23FN8O7/c1-13(22-29-12-30-32-22)35-24(36)23(33-34(2)26(35)38)42-25(37)31-14-5-6-19(16(27)9-14)41-18-7-8-28-17-11-21(40-4)20(39-3)10-15(17)18/h5-13H,1-4H3,(H,31,37)(H,29,30,32). The number of hydrogen-bond donors (Lipinski definition) is 2. The number of methoxy groups -OCH3 is 2. The number of rotatable bonds is 8. The van der Waals surface area contributed by atoms with E-state index in [0.29, 0.717) is 28.2 Å². The molecule has 0 saturated heterocycles. The summed E-state index contributed by atoms with van der Waals surface area (Å²) in [5, 5.41) is 13.0. The van der Waals surface area contributed by atoms with Gasteiger partial charge in [0.15, 0.2) is 28.9 Å². The number of amides is 1. The largest absolute Gasteiger partial charge is 0.493 e. The number of aromatic nitrogens is 7. The Morgan fingerprint density at radius 1 is 1.02 bits per heavy atom. The third kappa shape index (κ3) is 5.32. The summed E-state index contributed by atoms with van der Waals surface area (Å²) in [6.45, 7) is 1.52. The average molecular weight is 579 g/mol. The van der Waals surface area contributed by atoms with Crippen molar-refractivity contribution >= 4 is 22.7 Å². The lowest BCUT2D eigenvalue weighted by molar-refractivity contribution is 0.210. The molecular formula is C26H23FN8O7. The predicted molar refractivity (Wildman–Crippen MR) is 145 cm³/mol. The Morgan fingerprint density at radius 2 is 1.79 bits per heavy atom. The van der Waals surface area contributed by atoms with Gasteiger partial charge < -0.3 is 18.9 Å². The molecule has 1 unspecified atom stereocenters. The number of nitrogens with zero attached hydrogens (tertiary/aromatic N) is 6. The van der Waals surface area contributed by atoms with Gasteiger partial charge >= 0.3 is 23.2 Å². The summed E-state index contributed by atoms with van der Waals surface area (Å²) >= 11 is 0. The van der Waals surface area contributed by atoms with E-state index in [-0.39, 0.29) is 17.3 Å². The first kappa shape index (κ1) is 27.8. The van der Waals surface area contributed by atoms with Crippen molar-refractivity contribution in [3.8, 4) is 28.9 Å². The summed E-state index contributed by atoms with van der Waals surface area (Å²) in [4.78, 5) is 46.3. The summed E-state index contributed by atoms with van der Waals surface area (Å²) < 4.78 is 38.1. The molecule has 0 fully saturated rings. The van der Waals surface area contributed by atoms with Crippen LogP contribution in [0.4, 0.5) is 14.9 Å². The molecule has 0 aliphatic carbocycles. The first-order valence-electron chi connectivity index (χ1n) is 12.2. The number of ether oxygens (including phenoxy) is 4. The second kappa shape index (κ2) is 11.4. The molecular weight excluding hydrogens is 555 g/mol. The number of aryl methyl sites for hydroxylation is 1. The van der Waals surface area contributed by atoms with Gasteiger partial charge in [0.2, 0.25) is 0 Å². The van der Waals surface area contributed by atoms with Crippen molar-refractivity contribution in [2.45, 2.75) is 13.0 Å². The number of anilines is 1. The van der Waals surface area contributed by atoms with Crippen molar-refractivity contribution in [1.82, 2.24) is 34.5 Å². The maximum absolute atomic E-state index is 15.0. The Bertz CT molecular complexity index is 1910. The zero-order valence-corrected chi connectivity index (χ0v) is 22.6. The quantitative estimate of drug-likeness (QED) is 0.277. The minimum atomic E-state index is -1.15. The second-order valence-electron chi connectivity index (χ2n) is 8.71. The zero-order valence-electron chi connectivity index (χ0n) is 22.6. The van der Waals surface area contributed by atoms with Gasteiger partial charge in [0.25, 0.3) is 0 Å². The lowest BCUT2D eigenvalue weighted by Crippen LogP contribution is -2.43. The molecule has 16 heteroatoms. The number of aromatic amines is 1. The minimum absolute atomic E-state index is 0.00456. The number of hydrogen-bond acceptors (Lipinski definition) is 11. The van der Waals surface area contributed by atoms with Crippen molar-refractivity contribution in [3.05, 3.63) is 81.4 Å². The van der Waals surface area contributed by atoms with E-state index in [9.17, 15) is 14.4 Å². The maximum atomic E-state index is 15.0. The summed E-state index contributed by atoms with van der Waals surface area (Å²) in [7, 11) is 4.27. The molecule has 0 radical (unpaired) electrons. The van der Waals surface area contributed by atoms with Gasteiger partial charge in [-0.2, -0.15) is 5.10 Å². The van der Waals surface area contributed by atoms with E-state index >= 15 is 4.39 Å². The number of pyridine rings is 1. The molecule has 0 aliphatic heterocycles. The Kier molecular flexibility index (Phi) is 7.51. The summed E-state index contributed by atoms with van der Waals surface area (Å²) in [5.41, 5.74) is -1.23. The molecule has 0 spiro atoms. The van der Waals surface area contributed by atoms with Crippen LogP contribution >= 0.6 is 0 Å². The van der Waals surface area contributed by atoms with Crippen LogP contribution in [0.25, 0.3) is 10.9 Å². The highest BCUT2D eigenvalue weighted by molar-refractivity contribution is 5.88. The van der Waals surface area contributed by atoms with Gasteiger partial charge in [-0.05, 0) is 31.2 Å². The number of nitrogens with one attached hydrogen (secondary N) is 2. The van der Waals surface area contributed by atoms with Gasteiger partial charge in [0.1, 0.15) is 18.1 Å². The maximum Gasteiger partial charge on any atom is 0.418 e. The average Bonchev–Trinajstić information content (AvgIpc) is 3.52. The van der Waals surface area contributed by atoms with Gasteiger partial charge in [0.05, 0.1) is 19.7 Å². The molecule has 42 heavy (non-hydrogen) atoms. The van der Waals surface area contributed by atoms with E-state index in [1.807, 2.05) is 0 Å². The Balaban J connectivity index is 1.34. The summed E-state index contributed by atoms with van der Waals surface area (Å²) in [6.07, 6.45) is 1.64. The van der Waals surface area contributed by atoms with Crippen LogP contribution in [0.1, 0.15) is 18.8 Å². The van der Waals surface area contributed by atoms with Gasteiger partial charge in [-0.1, -0.05) is 0 Å². The second-order valence-corrected chi connectivity index (χ2v) is 8.71. The van der Waals surface area contributed by atoms with Gasteiger partial charge in [-0.3, -0.25) is 20.2 Å². The van der Waals surface area contributed by atoms with Crippen molar-refractivity contribution in [1.29, 1.82) is 0 Å². The first-order valence-corrected chi connectivity index (χ1v) is 12.2. The molecule has 5 aromatic rings. The van der Waals surface area contributed by atoms with Crippen molar-refractivity contribution in [2.24, 2.45) is 7.05 Å². The van der Waals surface area contributed by atoms with E-state index in [2.05, 4.69) is 30.6 Å². The van der Waals surface area contributed by atoms with Crippen molar-refractivity contribution in [2.75, 3.05) is 19.5 Å². The van der Waals surface area contributed by atoms with Crippen LogP contribution in [0, 0.1) is 5.82 Å². The molecule has 216 valence electrons. The van der Waals surface area contributed by atoms with Gasteiger partial charge in [-0.25, -0.2) is 28.2 Å². The Hall–Kier alpha value is -5.80. The highest BCUT2D eigenvalue weighted by atomic mass is 19.1. The van der Waals surface area contributed by atoms with E-state index < -0.39 is 35.1 Å². The molecule has 15 nitrogen and oxygen atoms in total. The number of carbonyl (C=O) groups excluding carboxylic acids is 1. The molecule has 5 rings (SSSR count). The smallest absolute Gasteiger partial charge is 0.418 e. The minimum Gasteiger partial charge on any atom is -0.493 e. The molecule has 1 amide bonds. The molecule has 1 atom stereocenters. The van der Waals surface area contributed by atoms with Gasteiger partial charge in [-0.15, -0.1) is 5.10 Å². The van der Waals surface area contributed by atoms with E-state index in [4.69, 9.17) is 18.9 Å². The van der Waals surface area contributed by atoms with Crippen LogP contribution in [0.3, 0.4) is 0 Å². The topological polar surface area (TPSA) is 177 Å². The number of fused-ring (bicyclic) bond motifs is 1. The third-order valence-electron chi connectivity index (χ3n) is 6.11. The molecule has 3 aromatic heterocycles. The molecule has 0 saturated carbocycles. The number of H-pyrrole nitrogens is 1. The molecule has 2 aromatic carbocycles. The number of carbonyl (C=O) groups is 1. The lowest BCUT2D eigenvalue weighted by atomic mass is 10.2. The van der Waals surface area contributed by atoms with E-state index in [1.165, 1.54) is 52.8 Å². The van der Waals surface area contributed by atoms with E-state index in [0.717, 1.165) is 15.3 Å². The van der Waals surface area contributed by atoms with Crippen LogP contribution in [0.15, 0.2) is 58.5 Å². The molecule has 2 N–H and O–H groups in total. The predicted octanol–water partition coefficient (Wildman–Crippen LogP) is 2.78. The van der Waals surface area contributed by atoms with Crippen LogP contribution in [0.2, 0.25) is 0 Å². The Morgan fingerprint density at radius 3 is 2.48 bits per heavy atom. The first-order chi connectivity index (χ1) is 20.2. The highest BCUT2D eigenvalue weighted by Gasteiger charge is 2.23. The molecule has 3 heterocycles. The summed E-state index contributed by atoms with van der Waals surface area (Å²) in [5.74, 6) is -0.258. The van der Waals surface area contributed by atoms with Gasteiger partial charge in [0, 0.05) is 36.5 Å². The Labute approximate surface area is 235 Å². The normalized spacial score (nSPS) is 11.6. The lowest BCUT2D eigenvalue weighted by Gasteiger charge is -2.14. The third-order valence-corrected chi connectivity index (χ3v) is 6.11. The number of benzene rings is 2. The van der Waals surface area contributed by atoms with Crippen molar-refractivity contribution in [3.63, 3.8) is 0 Å². The van der Waals surface area contributed by atoms with Crippen LogP contribution in [-0.4, -0.2) is 54.8 Å². The highest BCUT2D eigenvalue weighted by Crippen LogP contribution is 2.37. The molecule has 0 aliphatic rings. The zero-order chi connectivity index (χ0) is 30.0. The monoisotopic (exact) mass is 578 g/mol. The fraction of sp³-hybridized carbons (Fsp3) is 0.192. The fourth-order valence-electron chi connectivity index (χ4n) is 4.06. The number of halogens is 1. The summed E-state index contributed by atoms with van der Waals surface area (Å²) in [6, 6.07) is 7.66. The molecule has 0 bridgehead atoms. The fourth-order valence-corrected chi connectivity index (χ4v) is 4.06.